The number of rotatable bonds is 5. The highest BCUT2D eigenvalue weighted by Gasteiger charge is 2.35. The second kappa shape index (κ2) is 11.2. The van der Waals surface area contributed by atoms with Gasteiger partial charge < -0.3 is 14.5 Å². The van der Waals surface area contributed by atoms with E-state index in [0.717, 1.165) is 12.1 Å². The molecule has 7 nitrogen and oxygen atoms in total. The highest BCUT2D eigenvalue weighted by molar-refractivity contribution is 5.95. The van der Waals surface area contributed by atoms with Gasteiger partial charge in [-0.25, -0.2) is 13.9 Å². The molecule has 1 unspecified atom stereocenters. The van der Waals surface area contributed by atoms with E-state index in [9.17, 15) is 14.0 Å². The predicted molar refractivity (Wildman–Crippen MR) is 148 cm³/mol. The number of nitrogens with zero attached hydrogens (tertiary/aromatic N) is 4. The summed E-state index contributed by atoms with van der Waals surface area (Å²) in [6, 6.07) is 16.5. The first kappa shape index (κ1) is 26.9. The van der Waals surface area contributed by atoms with Crippen LogP contribution in [0.4, 0.5) is 9.18 Å². The summed E-state index contributed by atoms with van der Waals surface area (Å²) in [5.41, 5.74) is 3.28. The van der Waals surface area contributed by atoms with Crippen molar-refractivity contribution in [3.8, 4) is 5.69 Å². The largest absolute Gasteiger partial charge is 0.449 e. The number of carbonyl (C=O) groups is 2. The van der Waals surface area contributed by atoms with Gasteiger partial charge in [-0.05, 0) is 54.5 Å². The lowest BCUT2D eigenvalue weighted by atomic mass is 9.90. The SMILES string of the molecule is CC(C)(C)COC(=O)N1CCC(c2c(C(=O)N3CCC(c4ccccc4)C3)cnn2-c2ccc(F)cc2)CC1. The van der Waals surface area contributed by atoms with E-state index in [1.54, 1.807) is 27.9 Å². The van der Waals surface area contributed by atoms with Crippen molar-refractivity contribution in [3.63, 3.8) is 0 Å². The summed E-state index contributed by atoms with van der Waals surface area (Å²) in [5.74, 6) is -0.0116. The fraction of sp³-hybridized carbons (Fsp3) is 0.452. The van der Waals surface area contributed by atoms with Crippen molar-refractivity contribution in [2.24, 2.45) is 5.41 Å². The lowest BCUT2D eigenvalue weighted by molar-refractivity contribution is 0.0649. The Hall–Kier alpha value is -3.68. The number of likely N-dealkylation sites (tertiary alicyclic amines) is 2. The fourth-order valence-electron chi connectivity index (χ4n) is 5.52. The Bertz CT molecular complexity index is 1290. The molecule has 2 aliphatic rings. The predicted octanol–water partition coefficient (Wildman–Crippen LogP) is 6.00. The summed E-state index contributed by atoms with van der Waals surface area (Å²) >= 11 is 0. The third-order valence-electron chi connectivity index (χ3n) is 7.62. The lowest BCUT2D eigenvalue weighted by Crippen LogP contribution is -2.40. The summed E-state index contributed by atoms with van der Waals surface area (Å²) in [7, 11) is 0. The van der Waals surface area contributed by atoms with Crippen LogP contribution in [0.25, 0.3) is 5.69 Å². The van der Waals surface area contributed by atoms with Crippen LogP contribution in [-0.2, 0) is 4.74 Å². The van der Waals surface area contributed by atoms with Crippen molar-refractivity contribution in [2.75, 3.05) is 32.8 Å². The molecule has 0 aliphatic carbocycles. The van der Waals surface area contributed by atoms with Crippen LogP contribution in [-0.4, -0.2) is 64.4 Å². The Balaban J connectivity index is 1.36. The molecule has 2 aromatic carbocycles. The maximum absolute atomic E-state index is 13.9. The minimum Gasteiger partial charge on any atom is -0.449 e. The number of hydrogen-bond acceptors (Lipinski definition) is 4. The third-order valence-corrected chi connectivity index (χ3v) is 7.62. The van der Waals surface area contributed by atoms with Crippen LogP contribution in [0.2, 0.25) is 0 Å². The van der Waals surface area contributed by atoms with Gasteiger partial charge in [-0.1, -0.05) is 51.1 Å². The van der Waals surface area contributed by atoms with Gasteiger partial charge in [0, 0.05) is 38.0 Å². The van der Waals surface area contributed by atoms with E-state index in [0.29, 0.717) is 62.8 Å². The normalized spacial score (nSPS) is 18.4. The standard InChI is InChI=1S/C31H37FN4O3/c1-31(2,3)21-39-30(38)34-16-13-23(14-17-34)28-27(19-33-36(28)26-11-9-25(32)10-12-26)29(37)35-18-15-24(20-35)22-7-5-4-6-8-22/h4-12,19,23-24H,13-18,20-21H2,1-3H3. The summed E-state index contributed by atoms with van der Waals surface area (Å²) in [6.45, 7) is 8.89. The molecule has 2 amide bonds. The molecular weight excluding hydrogens is 495 g/mol. The van der Waals surface area contributed by atoms with Crippen LogP contribution < -0.4 is 0 Å². The van der Waals surface area contributed by atoms with E-state index >= 15 is 0 Å². The molecule has 0 radical (unpaired) electrons. The van der Waals surface area contributed by atoms with E-state index in [2.05, 4.69) is 17.2 Å². The number of aromatic nitrogens is 2. The van der Waals surface area contributed by atoms with Gasteiger partial charge in [-0.3, -0.25) is 4.79 Å². The van der Waals surface area contributed by atoms with E-state index in [1.165, 1.54) is 17.7 Å². The average molecular weight is 533 g/mol. The number of halogens is 1. The molecule has 0 N–H and O–H groups in total. The molecule has 2 aliphatic heterocycles. The molecule has 2 saturated heterocycles. The second-order valence-corrected chi connectivity index (χ2v) is 11.9. The van der Waals surface area contributed by atoms with Gasteiger partial charge in [0.05, 0.1) is 29.7 Å². The zero-order valence-electron chi connectivity index (χ0n) is 23.0. The van der Waals surface area contributed by atoms with Crippen LogP contribution in [0.15, 0.2) is 60.8 Å². The van der Waals surface area contributed by atoms with E-state index in [4.69, 9.17) is 4.74 Å². The molecule has 5 rings (SSSR count). The van der Waals surface area contributed by atoms with Gasteiger partial charge in [0.2, 0.25) is 0 Å². The van der Waals surface area contributed by atoms with Gasteiger partial charge in [-0.15, -0.1) is 0 Å². The topological polar surface area (TPSA) is 67.7 Å². The lowest BCUT2D eigenvalue weighted by Gasteiger charge is -2.33. The Morgan fingerprint density at radius 1 is 0.923 bits per heavy atom. The van der Waals surface area contributed by atoms with E-state index < -0.39 is 0 Å². The smallest absolute Gasteiger partial charge is 0.409 e. The van der Waals surface area contributed by atoms with Gasteiger partial charge in [0.15, 0.2) is 0 Å². The molecule has 2 fully saturated rings. The molecule has 3 aromatic rings. The number of carbonyl (C=O) groups excluding carboxylic acids is 2. The molecule has 0 bridgehead atoms. The number of benzene rings is 2. The molecule has 3 heterocycles. The zero-order valence-corrected chi connectivity index (χ0v) is 23.0. The first-order valence-corrected chi connectivity index (χ1v) is 13.8. The summed E-state index contributed by atoms with van der Waals surface area (Å²) in [4.78, 5) is 30.2. The van der Waals surface area contributed by atoms with Gasteiger partial charge >= 0.3 is 6.09 Å². The Morgan fingerprint density at radius 3 is 2.23 bits per heavy atom. The van der Waals surface area contributed by atoms with Crippen LogP contribution >= 0.6 is 0 Å². The van der Waals surface area contributed by atoms with E-state index in [1.807, 2.05) is 43.9 Å². The minimum absolute atomic E-state index is 0.0238. The fourth-order valence-corrected chi connectivity index (χ4v) is 5.52. The van der Waals surface area contributed by atoms with Crippen LogP contribution in [0.5, 0.6) is 0 Å². The molecule has 0 spiro atoms. The van der Waals surface area contributed by atoms with Crippen LogP contribution in [0.3, 0.4) is 0 Å². The summed E-state index contributed by atoms with van der Waals surface area (Å²) in [6.07, 6.45) is 3.65. The quantitative estimate of drug-likeness (QED) is 0.404. The monoisotopic (exact) mass is 532 g/mol. The molecular formula is C31H37FN4O3. The summed E-state index contributed by atoms with van der Waals surface area (Å²) in [5, 5.41) is 4.61. The van der Waals surface area contributed by atoms with Crippen molar-refractivity contribution in [1.29, 1.82) is 0 Å². The number of piperidine rings is 1. The Kier molecular flexibility index (Phi) is 7.73. The molecule has 1 aromatic heterocycles. The highest BCUT2D eigenvalue weighted by atomic mass is 19.1. The third kappa shape index (κ3) is 6.15. The Labute approximate surface area is 229 Å². The maximum Gasteiger partial charge on any atom is 0.409 e. The second-order valence-electron chi connectivity index (χ2n) is 11.9. The van der Waals surface area contributed by atoms with Crippen molar-refractivity contribution in [3.05, 3.63) is 83.4 Å². The average Bonchev–Trinajstić information content (AvgIpc) is 3.60. The molecule has 39 heavy (non-hydrogen) atoms. The maximum atomic E-state index is 13.9. The van der Waals surface area contributed by atoms with Crippen molar-refractivity contribution in [1.82, 2.24) is 19.6 Å². The molecule has 8 heteroatoms. The van der Waals surface area contributed by atoms with Crippen LogP contribution in [0, 0.1) is 11.2 Å². The number of hydrogen-bond donors (Lipinski definition) is 0. The van der Waals surface area contributed by atoms with Crippen molar-refractivity contribution in [2.45, 2.75) is 51.9 Å². The molecule has 206 valence electrons. The zero-order chi connectivity index (χ0) is 27.6. The Morgan fingerprint density at radius 2 is 1.56 bits per heavy atom. The first-order valence-electron chi connectivity index (χ1n) is 13.8. The highest BCUT2D eigenvalue weighted by Crippen LogP contribution is 2.35. The van der Waals surface area contributed by atoms with Gasteiger partial charge in [0.25, 0.3) is 5.91 Å². The van der Waals surface area contributed by atoms with Crippen LogP contribution in [0.1, 0.15) is 73.5 Å². The van der Waals surface area contributed by atoms with E-state index in [-0.39, 0.29) is 29.2 Å². The van der Waals surface area contributed by atoms with Gasteiger partial charge in [-0.2, -0.15) is 5.10 Å². The first-order chi connectivity index (χ1) is 18.7. The van der Waals surface area contributed by atoms with Crippen molar-refractivity contribution < 1.29 is 18.7 Å². The summed E-state index contributed by atoms with van der Waals surface area (Å²) < 4.78 is 21.0. The number of amides is 2. The van der Waals surface area contributed by atoms with Gasteiger partial charge in [0.1, 0.15) is 5.82 Å². The molecule has 0 saturated carbocycles. The van der Waals surface area contributed by atoms with Crippen molar-refractivity contribution >= 4 is 12.0 Å². The minimum atomic E-state index is -0.324. The molecule has 1 atom stereocenters. The number of ether oxygens (including phenoxy) is 1.